The van der Waals surface area contributed by atoms with Crippen molar-refractivity contribution in [1.29, 1.82) is 0 Å². The van der Waals surface area contributed by atoms with E-state index < -0.39 is 0 Å². The molecule has 0 rings (SSSR count). The molecule has 0 aliphatic heterocycles. The average Bonchev–Trinajstić information content (AvgIpc) is 2.08. The molecule has 0 saturated carbocycles. The van der Waals surface area contributed by atoms with Gasteiger partial charge in [-0.2, -0.15) is 0 Å². The van der Waals surface area contributed by atoms with Crippen molar-refractivity contribution in [2.45, 2.75) is 47.0 Å². The fourth-order valence-electron chi connectivity index (χ4n) is 0.567. The average molecular weight is 157 g/mol. The monoisotopic (exact) mass is 157 g/mol. The van der Waals surface area contributed by atoms with E-state index in [0.717, 1.165) is 18.7 Å². The zero-order valence-electron chi connectivity index (χ0n) is 8.54. The third kappa shape index (κ3) is 12.7. The molecule has 68 valence electrons. The van der Waals surface area contributed by atoms with Gasteiger partial charge >= 0.3 is 0 Å². The molecule has 0 atom stereocenters. The number of hydrogen-bond acceptors (Lipinski definition) is 1. The first-order valence-corrected chi connectivity index (χ1v) is 4.72. The first-order valence-electron chi connectivity index (χ1n) is 4.72. The van der Waals surface area contributed by atoms with Crippen LogP contribution in [0.3, 0.4) is 0 Å². The first kappa shape index (κ1) is 13.2. The van der Waals surface area contributed by atoms with Crippen LogP contribution >= 0.6 is 0 Å². The molecule has 0 aromatic carbocycles. The highest BCUT2D eigenvalue weighted by molar-refractivity contribution is 4.88. The van der Waals surface area contributed by atoms with Crippen LogP contribution in [0.15, 0.2) is 12.3 Å². The quantitative estimate of drug-likeness (QED) is 0.604. The van der Waals surface area contributed by atoms with E-state index in [0.29, 0.717) is 0 Å². The van der Waals surface area contributed by atoms with Crippen molar-refractivity contribution < 1.29 is 0 Å². The minimum Gasteiger partial charge on any atom is -0.389 e. The molecule has 0 radical (unpaired) electrons. The lowest BCUT2D eigenvalue weighted by atomic mass is 10.3. The summed E-state index contributed by atoms with van der Waals surface area (Å²) in [6, 6.07) is 0. The summed E-state index contributed by atoms with van der Waals surface area (Å²) in [7, 11) is 0. The first-order chi connectivity index (χ1) is 5.31. The van der Waals surface area contributed by atoms with Crippen LogP contribution in [0.5, 0.6) is 0 Å². The molecule has 0 bridgehead atoms. The van der Waals surface area contributed by atoms with Gasteiger partial charge in [0.15, 0.2) is 0 Å². The minimum atomic E-state index is 1.05. The lowest BCUT2D eigenvalue weighted by Gasteiger charge is -2.04. The topological polar surface area (TPSA) is 12.0 Å². The highest BCUT2D eigenvalue weighted by atomic mass is 14.9. The lowest BCUT2D eigenvalue weighted by molar-refractivity contribution is 0.696. The Bertz CT molecular complexity index is 76.9. The van der Waals surface area contributed by atoms with E-state index in [1.807, 2.05) is 13.8 Å². The smallest absolute Gasteiger partial charge is 0.0143 e. The molecule has 11 heavy (non-hydrogen) atoms. The van der Waals surface area contributed by atoms with Crippen molar-refractivity contribution in [3.63, 3.8) is 0 Å². The predicted molar refractivity (Wildman–Crippen MR) is 53.7 cm³/mol. The zero-order chi connectivity index (χ0) is 9.11. The minimum absolute atomic E-state index is 1.05. The molecular formula is C10H23N. The maximum atomic E-state index is 3.83. The summed E-state index contributed by atoms with van der Waals surface area (Å²) in [5, 5.41) is 3.24. The Labute approximate surface area is 71.9 Å². The van der Waals surface area contributed by atoms with Gasteiger partial charge in [0.25, 0.3) is 0 Å². The van der Waals surface area contributed by atoms with Gasteiger partial charge in [0.2, 0.25) is 0 Å². The second kappa shape index (κ2) is 12.2. The van der Waals surface area contributed by atoms with Crippen molar-refractivity contribution >= 4 is 0 Å². The van der Waals surface area contributed by atoms with Crippen LogP contribution in [0.1, 0.15) is 47.0 Å². The Kier molecular flexibility index (Phi) is 14.6. The van der Waals surface area contributed by atoms with Gasteiger partial charge in [0, 0.05) is 12.2 Å². The summed E-state index contributed by atoms with van der Waals surface area (Å²) in [4.78, 5) is 0. The second-order valence-corrected chi connectivity index (χ2v) is 2.24. The number of nitrogens with one attached hydrogen (secondary N) is 1. The van der Waals surface area contributed by atoms with E-state index >= 15 is 0 Å². The predicted octanol–water partition coefficient (Wildman–Crippen LogP) is 3.33. The summed E-state index contributed by atoms with van der Waals surface area (Å²) in [5.41, 5.74) is 1.16. The Morgan fingerprint density at radius 3 is 2.18 bits per heavy atom. The maximum absolute atomic E-state index is 3.83. The third-order valence-corrected chi connectivity index (χ3v) is 1.33. The molecule has 1 nitrogen and oxygen atoms in total. The molecule has 0 saturated heterocycles. The number of hydrogen-bond donors (Lipinski definition) is 1. The molecule has 0 fully saturated rings. The van der Waals surface area contributed by atoms with E-state index in [4.69, 9.17) is 0 Å². The fraction of sp³-hybridized carbons (Fsp3) is 0.800. The lowest BCUT2D eigenvalue weighted by Crippen LogP contribution is -2.12. The van der Waals surface area contributed by atoms with E-state index in [1.54, 1.807) is 0 Å². The summed E-state index contributed by atoms with van der Waals surface area (Å²) in [5.74, 6) is 0. The van der Waals surface area contributed by atoms with Crippen LogP contribution in [0.25, 0.3) is 0 Å². The van der Waals surface area contributed by atoms with Crippen LogP contribution in [0.4, 0.5) is 0 Å². The fourth-order valence-corrected chi connectivity index (χ4v) is 0.567. The van der Waals surface area contributed by atoms with Crippen LogP contribution < -0.4 is 5.32 Å². The molecular weight excluding hydrogens is 134 g/mol. The third-order valence-electron chi connectivity index (χ3n) is 1.33. The Morgan fingerprint density at radius 2 is 1.82 bits per heavy atom. The molecule has 0 spiro atoms. The zero-order valence-corrected chi connectivity index (χ0v) is 8.54. The SMILES string of the molecule is C=C(CC)NCCCC.CC. The molecule has 0 heterocycles. The Balaban J connectivity index is 0. The maximum Gasteiger partial charge on any atom is 0.0143 e. The van der Waals surface area contributed by atoms with Gasteiger partial charge in [-0.25, -0.2) is 0 Å². The highest BCUT2D eigenvalue weighted by Gasteiger charge is 1.85. The Morgan fingerprint density at radius 1 is 1.27 bits per heavy atom. The van der Waals surface area contributed by atoms with Crippen LogP contribution in [-0.2, 0) is 0 Å². The van der Waals surface area contributed by atoms with Crippen molar-refractivity contribution in [2.75, 3.05) is 6.54 Å². The van der Waals surface area contributed by atoms with E-state index in [-0.39, 0.29) is 0 Å². The standard InChI is InChI=1S/C8H17N.C2H6/c1-4-6-7-9-8(3)5-2;1-2/h9H,3-7H2,1-2H3;1-2H3. The molecule has 1 N–H and O–H groups in total. The molecule has 1 heteroatoms. The summed E-state index contributed by atoms with van der Waals surface area (Å²) < 4.78 is 0. The summed E-state index contributed by atoms with van der Waals surface area (Å²) >= 11 is 0. The van der Waals surface area contributed by atoms with E-state index in [1.165, 1.54) is 12.8 Å². The summed E-state index contributed by atoms with van der Waals surface area (Å²) in [6.45, 7) is 13.2. The van der Waals surface area contributed by atoms with Gasteiger partial charge in [0.1, 0.15) is 0 Å². The molecule has 0 unspecified atom stereocenters. The van der Waals surface area contributed by atoms with E-state index in [2.05, 4.69) is 25.7 Å². The number of allylic oxidation sites excluding steroid dienone is 1. The van der Waals surface area contributed by atoms with Crippen molar-refractivity contribution in [2.24, 2.45) is 0 Å². The molecule has 0 aromatic heterocycles. The second-order valence-electron chi connectivity index (χ2n) is 2.24. The van der Waals surface area contributed by atoms with Gasteiger partial charge < -0.3 is 5.32 Å². The molecule has 0 aliphatic rings. The van der Waals surface area contributed by atoms with Gasteiger partial charge in [-0.05, 0) is 12.8 Å². The van der Waals surface area contributed by atoms with E-state index in [9.17, 15) is 0 Å². The van der Waals surface area contributed by atoms with Gasteiger partial charge in [-0.3, -0.25) is 0 Å². The highest BCUT2D eigenvalue weighted by Crippen LogP contribution is 1.91. The van der Waals surface area contributed by atoms with Crippen LogP contribution in [0.2, 0.25) is 0 Å². The molecule has 0 aromatic rings. The Hall–Kier alpha value is -0.460. The number of rotatable bonds is 5. The van der Waals surface area contributed by atoms with Crippen LogP contribution in [0, 0.1) is 0 Å². The molecule has 0 aliphatic carbocycles. The largest absolute Gasteiger partial charge is 0.389 e. The normalized spacial score (nSPS) is 8.00. The molecule has 0 amide bonds. The summed E-state index contributed by atoms with van der Waals surface area (Å²) in [6.07, 6.45) is 3.55. The van der Waals surface area contributed by atoms with Crippen molar-refractivity contribution in [3.8, 4) is 0 Å². The van der Waals surface area contributed by atoms with Crippen molar-refractivity contribution in [3.05, 3.63) is 12.3 Å². The van der Waals surface area contributed by atoms with Gasteiger partial charge in [-0.1, -0.05) is 40.7 Å². The number of unbranched alkanes of at least 4 members (excludes halogenated alkanes) is 1. The van der Waals surface area contributed by atoms with Crippen LogP contribution in [-0.4, -0.2) is 6.54 Å². The van der Waals surface area contributed by atoms with Gasteiger partial charge in [-0.15, -0.1) is 0 Å². The van der Waals surface area contributed by atoms with Gasteiger partial charge in [0.05, 0.1) is 0 Å². The van der Waals surface area contributed by atoms with Crippen molar-refractivity contribution in [1.82, 2.24) is 5.32 Å².